The predicted molar refractivity (Wildman–Crippen MR) is 78.3 cm³/mol. The monoisotopic (exact) mass is 260 g/mol. The fourth-order valence-electron chi connectivity index (χ4n) is 2.09. The van der Waals surface area contributed by atoms with Gasteiger partial charge in [0.15, 0.2) is 0 Å². The lowest BCUT2D eigenvalue weighted by Gasteiger charge is -2.20. The molecule has 1 heterocycles. The zero-order valence-corrected chi connectivity index (χ0v) is 11.5. The molecule has 0 saturated carbocycles. The van der Waals surface area contributed by atoms with Gasteiger partial charge in [-0.3, -0.25) is 4.68 Å². The highest BCUT2D eigenvalue weighted by Crippen LogP contribution is 2.28. The van der Waals surface area contributed by atoms with E-state index in [0.717, 1.165) is 22.8 Å². The van der Waals surface area contributed by atoms with Crippen molar-refractivity contribution in [2.45, 2.75) is 6.92 Å². The zero-order valence-electron chi connectivity index (χ0n) is 10.7. The molecule has 0 unspecified atom stereocenters. The Morgan fingerprint density at radius 2 is 1.94 bits per heavy atom. The van der Waals surface area contributed by atoms with Crippen LogP contribution >= 0.6 is 12.2 Å². The fourth-order valence-corrected chi connectivity index (χ4v) is 2.33. The van der Waals surface area contributed by atoms with Crippen LogP contribution in [0.25, 0.3) is 0 Å². The Morgan fingerprint density at radius 3 is 2.50 bits per heavy atom. The number of rotatable bonds is 3. The lowest BCUT2D eigenvalue weighted by molar-refractivity contribution is 0.750. The number of hydrogen-bond acceptors (Lipinski definition) is 3. The van der Waals surface area contributed by atoms with E-state index in [2.05, 4.69) is 5.10 Å². The maximum atomic E-state index is 5.80. The maximum absolute atomic E-state index is 5.80. The lowest BCUT2D eigenvalue weighted by Crippen LogP contribution is -2.19. The number of nitrogens with zero attached hydrogens (tertiary/aromatic N) is 3. The second kappa shape index (κ2) is 4.78. The van der Waals surface area contributed by atoms with Crippen molar-refractivity contribution in [2.24, 2.45) is 12.8 Å². The van der Waals surface area contributed by atoms with Gasteiger partial charge in [-0.25, -0.2) is 0 Å². The average molecular weight is 260 g/mol. The Morgan fingerprint density at radius 1 is 1.33 bits per heavy atom. The lowest BCUT2D eigenvalue weighted by atomic mass is 10.2. The molecule has 0 spiro atoms. The molecule has 0 aliphatic carbocycles. The molecule has 0 radical (unpaired) electrons. The Balaban J connectivity index is 2.55. The summed E-state index contributed by atoms with van der Waals surface area (Å²) < 4.78 is 1.80. The van der Waals surface area contributed by atoms with Crippen LogP contribution in [0.2, 0.25) is 0 Å². The van der Waals surface area contributed by atoms with E-state index in [-0.39, 0.29) is 0 Å². The first kappa shape index (κ1) is 12.6. The van der Waals surface area contributed by atoms with Gasteiger partial charge < -0.3 is 10.6 Å². The average Bonchev–Trinajstić information content (AvgIpc) is 2.64. The summed E-state index contributed by atoms with van der Waals surface area (Å²) in [7, 11) is 3.87. The number of para-hydroxylation sites is 1. The molecule has 1 aromatic carbocycles. The summed E-state index contributed by atoms with van der Waals surface area (Å²) in [6.07, 6.45) is 0. The van der Waals surface area contributed by atoms with E-state index in [9.17, 15) is 0 Å². The molecule has 0 saturated heterocycles. The number of hydrogen-bond donors (Lipinski definition) is 1. The predicted octanol–water partition coefficient (Wildman–Crippen LogP) is 2.13. The van der Waals surface area contributed by atoms with Gasteiger partial charge in [0.05, 0.1) is 11.3 Å². The number of thiocarbonyl (C=S) groups is 1. The third-order valence-electron chi connectivity index (χ3n) is 2.90. The standard InChI is InChI=1S/C13H16N4S/c1-9-11(12(14)18)13(17(3)15-9)16(2)10-7-5-4-6-8-10/h4-8H,1-3H3,(H2,14,18). The number of benzene rings is 1. The van der Waals surface area contributed by atoms with E-state index in [4.69, 9.17) is 18.0 Å². The van der Waals surface area contributed by atoms with Crippen molar-refractivity contribution in [2.75, 3.05) is 11.9 Å². The quantitative estimate of drug-likeness (QED) is 0.859. The summed E-state index contributed by atoms with van der Waals surface area (Å²) in [6, 6.07) is 10.0. The van der Waals surface area contributed by atoms with E-state index in [1.54, 1.807) is 4.68 Å². The Bertz CT molecular complexity index is 574. The first-order valence-corrected chi connectivity index (χ1v) is 6.05. The number of aromatic nitrogens is 2. The first-order valence-electron chi connectivity index (χ1n) is 5.64. The van der Waals surface area contributed by atoms with Crippen molar-refractivity contribution in [3.05, 3.63) is 41.6 Å². The van der Waals surface area contributed by atoms with E-state index in [1.165, 1.54) is 0 Å². The Labute approximate surface area is 112 Å². The zero-order chi connectivity index (χ0) is 13.3. The molecule has 18 heavy (non-hydrogen) atoms. The van der Waals surface area contributed by atoms with Crippen LogP contribution in [0.4, 0.5) is 11.5 Å². The molecule has 4 nitrogen and oxygen atoms in total. The molecular weight excluding hydrogens is 244 g/mol. The molecule has 2 N–H and O–H groups in total. The molecule has 1 aromatic heterocycles. The van der Waals surface area contributed by atoms with Gasteiger partial charge in [-0.1, -0.05) is 30.4 Å². The van der Waals surface area contributed by atoms with Crippen LogP contribution in [0.3, 0.4) is 0 Å². The van der Waals surface area contributed by atoms with Crippen molar-refractivity contribution in [1.29, 1.82) is 0 Å². The van der Waals surface area contributed by atoms with E-state index in [1.807, 2.05) is 56.3 Å². The minimum Gasteiger partial charge on any atom is -0.389 e. The fraction of sp³-hybridized carbons (Fsp3) is 0.231. The van der Waals surface area contributed by atoms with Gasteiger partial charge in [0.25, 0.3) is 0 Å². The minimum absolute atomic E-state index is 0.374. The van der Waals surface area contributed by atoms with Gasteiger partial charge in [0.2, 0.25) is 0 Å². The second-order valence-corrected chi connectivity index (χ2v) is 4.61. The van der Waals surface area contributed by atoms with Crippen LogP contribution in [0.15, 0.2) is 30.3 Å². The molecule has 2 aromatic rings. The van der Waals surface area contributed by atoms with Crippen molar-refractivity contribution in [3.8, 4) is 0 Å². The van der Waals surface area contributed by atoms with Crippen LogP contribution in [0.1, 0.15) is 11.3 Å². The molecule has 0 amide bonds. The smallest absolute Gasteiger partial charge is 0.141 e. The third-order valence-corrected chi connectivity index (χ3v) is 3.10. The summed E-state index contributed by atoms with van der Waals surface area (Å²) >= 11 is 5.12. The second-order valence-electron chi connectivity index (χ2n) is 4.17. The van der Waals surface area contributed by atoms with Gasteiger partial charge in [0.1, 0.15) is 10.8 Å². The normalized spacial score (nSPS) is 10.4. The van der Waals surface area contributed by atoms with E-state index < -0.39 is 0 Å². The van der Waals surface area contributed by atoms with Gasteiger partial charge in [0, 0.05) is 19.8 Å². The highest BCUT2D eigenvalue weighted by Gasteiger charge is 2.19. The van der Waals surface area contributed by atoms with E-state index >= 15 is 0 Å². The highest BCUT2D eigenvalue weighted by molar-refractivity contribution is 7.80. The molecule has 94 valence electrons. The van der Waals surface area contributed by atoms with Crippen molar-refractivity contribution < 1.29 is 0 Å². The first-order chi connectivity index (χ1) is 8.52. The highest BCUT2D eigenvalue weighted by atomic mass is 32.1. The van der Waals surface area contributed by atoms with Gasteiger partial charge in [-0.2, -0.15) is 5.10 Å². The molecule has 0 atom stereocenters. The SMILES string of the molecule is Cc1nn(C)c(N(C)c2ccccc2)c1C(N)=S. The topological polar surface area (TPSA) is 47.1 Å². The number of aryl methyl sites for hydroxylation is 2. The molecule has 0 bridgehead atoms. The van der Waals surface area contributed by atoms with Crippen molar-refractivity contribution in [3.63, 3.8) is 0 Å². The molecule has 0 aliphatic rings. The molecule has 5 heteroatoms. The Hall–Kier alpha value is -1.88. The van der Waals surface area contributed by atoms with Crippen LogP contribution in [0.5, 0.6) is 0 Å². The van der Waals surface area contributed by atoms with E-state index in [0.29, 0.717) is 4.99 Å². The Kier molecular flexibility index (Phi) is 3.34. The van der Waals surface area contributed by atoms with Gasteiger partial charge in [-0.05, 0) is 19.1 Å². The number of anilines is 2. The maximum Gasteiger partial charge on any atom is 0.141 e. The third kappa shape index (κ3) is 2.09. The van der Waals surface area contributed by atoms with Gasteiger partial charge >= 0.3 is 0 Å². The molecule has 0 fully saturated rings. The summed E-state index contributed by atoms with van der Waals surface area (Å²) in [5, 5.41) is 4.39. The summed E-state index contributed by atoms with van der Waals surface area (Å²) in [4.78, 5) is 2.41. The summed E-state index contributed by atoms with van der Waals surface area (Å²) in [5.41, 5.74) is 8.55. The van der Waals surface area contributed by atoms with Crippen molar-refractivity contribution >= 4 is 28.7 Å². The van der Waals surface area contributed by atoms with Gasteiger partial charge in [-0.15, -0.1) is 0 Å². The molecule has 0 aliphatic heterocycles. The summed E-state index contributed by atoms with van der Waals surface area (Å²) in [5.74, 6) is 0.909. The number of nitrogens with two attached hydrogens (primary N) is 1. The molecule has 2 rings (SSSR count). The largest absolute Gasteiger partial charge is 0.389 e. The van der Waals surface area contributed by atoms with Crippen LogP contribution in [-0.2, 0) is 7.05 Å². The summed E-state index contributed by atoms with van der Waals surface area (Å²) in [6.45, 7) is 1.91. The minimum atomic E-state index is 0.374. The van der Waals surface area contributed by atoms with Crippen LogP contribution < -0.4 is 10.6 Å². The molecular formula is C13H16N4S. The van der Waals surface area contributed by atoms with Crippen molar-refractivity contribution in [1.82, 2.24) is 9.78 Å². The van der Waals surface area contributed by atoms with Crippen LogP contribution in [-0.4, -0.2) is 21.8 Å². The van der Waals surface area contributed by atoms with Crippen LogP contribution in [0, 0.1) is 6.92 Å².